The monoisotopic (exact) mass is 428 g/mol. The standard InChI is InChI=1S/C25H20N2O3S/c28-12-14-8-9-18-16(11-14)21(19-6-3-4-10-27(18)19)23-22(24(29)26-25(23)30)17-13-31-20-7-2-1-5-15(17)20/h1-7,10,13-14,28H,8-9,11-12H2,(H,26,29,30). The van der Waals surface area contributed by atoms with E-state index in [4.69, 9.17) is 0 Å². The van der Waals surface area contributed by atoms with Gasteiger partial charge in [-0.2, -0.15) is 0 Å². The van der Waals surface area contributed by atoms with Crippen LogP contribution in [0.3, 0.4) is 0 Å². The van der Waals surface area contributed by atoms with Gasteiger partial charge in [0.15, 0.2) is 0 Å². The number of thiophene rings is 1. The van der Waals surface area contributed by atoms with Crippen LogP contribution in [-0.2, 0) is 22.4 Å². The van der Waals surface area contributed by atoms with Gasteiger partial charge in [0, 0.05) is 45.1 Å². The van der Waals surface area contributed by atoms with E-state index in [1.165, 1.54) is 5.69 Å². The summed E-state index contributed by atoms with van der Waals surface area (Å²) in [5, 5.41) is 15.3. The predicted molar refractivity (Wildman–Crippen MR) is 122 cm³/mol. The molecule has 154 valence electrons. The summed E-state index contributed by atoms with van der Waals surface area (Å²) in [5.74, 6) is -0.530. The van der Waals surface area contributed by atoms with Crippen molar-refractivity contribution in [1.29, 1.82) is 0 Å². The third kappa shape index (κ3) is 2.65. The molecule has 31 heavy (non-hydrogen) atoms. The first-order valence-corrected chi connectivity index (χ1v) is 11.3. The van der Waals surface area contributed by atoms with Crippen LogP contribution < -0.4 is 5.32 Å². The maximum absolute atomic E-state index is 13.2. The van der Waals surface area contributed by atoms with Crippen LogP contribution in [0.4, 0.5) is 0 Å². The quantitative estimate of drug-likeness (QED) is 0.488. The molecule has 6 rings (SSSR count). The number of rotatable bonds is 3. The second-order valence-corrected chi connectivity index (χ2v) is 9.14. The molecule has 0 radical (unpaired) electrons. The molecule has 1 aromatic carbocycles. The SMILES string of the molecule is O=C1NC(=O)C(c2c3c(n4ccccc24)CCC(CO)C3)=C1c1csc2ccccc12. The van der Waals surface area contributed by atoms with Gasteiger partial charge in [-0.25, -0.2) is 0 Å². The molecule has 1 unspecified atom stereocenters. The number of carbonyl (C=O) groups excluding carboxylic acids is 2. The Balaban J connectivity index is 1.70. The van der Waals surface area contributed by atoms with E-state index in [0.29, 0.717) is 17.6 Å². The number of amides is 2. The van der Waals surface area contributed by atoms with Crippen molar-refractivity contribution in [3.05, 3.63) is 76.4 Å². The maximum Gasteiger partial charge on any atom is 0.259 e. The number of carbonyl (C=O) groups is 2. The molecule has 2 amide bonds. The number of nitrogens with one attached hydrogen (secondary N) is 1. The summed E-state index contributed by atoms with van der Waals surface area (Å²) in [6, 6.07) is 13.9. The number of aromatic nitrogens is 1. The van der Waals surface area contributed by atoms with Crippen molar-refractivity contribution in [3.8, 4) is 0 Å². The van der Waals surface area contributed by atoms with E-state index in [2.05, 4.69) is 9.72 Å². The second kappa shape index (κ2) is 6.90. The fraction of sp³-hybridized carbons (Fsp3) is 0.200. The first-order chi connectivity index (χ1) is 15.2. The van der Waals surface area contributed by atoms with Crippen LogP contribution in [0.1, 0.15) is 28.8 Å². The van der Waals surface area contributed by atoms with E-state index in [9.17, 15) is 14.7 Å². The topological polar surface area (TPSA) is 70.8 Å². The van der Waals surface area contributed by atoms with Crippen molar-refractivity contribution < 1.29 is 14.7 Å². The zero-order valence-electron chi connectivity index (χ0n) is 16.7. The van der Waals surface area contributed by atoms with Crippen molar-refractivity contribution in [3.63, 3.8) is 0 Å². The summed E-state index contributed by atoms with van der Waals surface area (Å²) in [7, 11) is 0. The Labute approximate surface area is 182 Å². The van der Waals surface area contributed by atoms with Gasteiger partial charge in [-0.05, 0) is 48.9 Å². The van der Waals surface area contributed by atoms with Crippen LogP contribution in [0.15, 0.2) is 54.0 Å². The average molecular weight is 429 g/mol. The second-order valence-electron chi connectivity index (χ2n) is 8.23. The smallest absolute Gasteiger partial charge is 0.259 e. The minimum absolute atomic E-state index is 0.122. The molecule has 4 heterocycles. The van der Waals surface area contributed by atoms with Gasteiger partial charge < -0.3 is 9.51 Å². The third-order valence-electron chi connectivity index (χ3n) is 6.53. The Hall–Kier alpha value is -3.22. The molecule has 4 aromatic rings. The fourth-order valence-electron chi connectivity index (χ4n) is 5.11. The van der Waals surface area contributed by atoms with E-state index < -0.39 is 0 Å². The lowest BCUT2D eigenvalue weighted by Gasteiger charge is -2.21. The summed E-state index contributed by atoms with van der Waals surface area (Å²) >= 11 is 1.58. The number of hydrogen-bond donors (Lipinski definition) is 2. The van der Waals surface area contributed by atoms with Crippen LogP contribution in [0.25, 0.3) is 26.7 Å². The van der Waals surface area contributed by atoms with Crippen molar-refractivity contribution in [2.45, 2.75) is 19.3 Å². The summed E-state index contributed by atoms with van der Waals surface area (Å²) < 4.78 is 3.23. The largest absolute Gasteiger partial charge is 0.396 e. The van der Waals surface area contributed by atoms with Crippen LogP contribution in [0, 0.1) is 5.92 Å². The predicted octanol–water partition coefficient (Wildman–Crippen LogP) is 3.82. The van der Waals surface area contributed by atoms with Gasteiger partial charge in [-0.1, -0.05) is 24.3 Å². The minimum atomic E-state index is -0.347. The Kier molecular flexibility index (Phi) is 4.13. The molecule has 0 saturated heterocycles. The number of pyridine rings is 1. The van der Waals surface area contributed by atoms with E-state index in [-0.39, 0.29) is 24.3 Å². The van der Waals surface area contributed by atoms with E-state index in [1.807, 2.05) is 54.0 Å². The van der Waals surface area contributed by atoms with Crippen LogP contribution in [0.5, 0.6) is 0 Å². The number of fused-ring (bicyclic) bond motifs is 4. The maximum atomic E-state index is 13.2. The molecule has 1 atom stereocenters. The zero-order chi connectivity index (χ0) is 21.1. The molecule has 0 spiro atoms. The van der Waals surface area contributed by atoms with Gasteiger partial charge in [-0.3, -0.25) is 14.9 Å². The number of aryl methyl sites for hydroxylation is 1. The number of nitrogens with zero attached hydrogens (tertiary/aromatic N) is 1. The Morgan fingerprint density at radius 2 is 1.87 bits per heavy atom. The van der Waals surface area contributed by atoms with Gasteiger partial charge in [-0.15, -0.1) is 11.3 Å². The Morgan fingerprint density at radius 3 is 2.74 bits per heavy atom. The molecule has 0 bridgehead atoms. The van der Waals surface area contributed by atoms with Crippen molar-refractivity contribution >= 4 is 49.9 Å². The number of hydrogen-bond acceptors (Lipinski definition) is 4. The molecular weight excluding hydrogens is 408 g/mol. The van der Waals surface area contributed by atoms with E-state index >= 15 is 0 Å². The first kappa shape index (κ1) is 18.5. The normalized spacial score (nSPS) is 18.8. The van der Waals surface area contributed by atoms with Crippen molar-refractivity contribution in [2.24, 2.45) is 5.92 Å². The van der Waals surface area contributed by atoms with Crippen LogP contribution in [-0.4, -0.2) is 27.9 Å². The molecule has 1 aliphatic heterocycles. The summed E-state index contributed by atoms with van der Waals surface area (Å²) in [6.07, 6.45) is 4.47. The number of imide groups is 1. The zero-order valence-corrected chi connectivity index (χ0v) is 17.5. The molecule has 1 aliphatic carbocycles. The van der Waals surface area contributed by atoms with Crippen LogP contribution >= 0.6 is 11.3 Å². The molecular formula is C25H20N2O3S. The van der Waals surface area contributed by atoms with Gasteiger partial charge in [0.25, 0.3) is 11.8 Å². The van der Waals surface area contributed by atoms with Gasteiger partial charge in [0.2, 0.25) is 0 Å². The van der Waals surface area contributed by atoms with E-state index in [1.54, 1.807) is 11.3 Å². The van der Waals surface area contributed by atoms with Gasteiger partial charge in [0.05, 0.1) is 16.7 Å². The number of aliphatic hydroxyl groups excluding tert-OH is 1. The molecule has 3 aromatic heterocycles. The van der Waals surface area contributed by atoms with Gasteiger partial charge in [0.1, 0.15) is 0 Å². The summed E-state index contributed by atoms with van der Waals surface area (Å²) in [6.45, 7) is 0.122. The molecule has 2 N–H and O–H groups in total. The van der Waals surface area contributed by atoms with Crippen molar-refractivity contribution in [1.82, 2.24) is 9.72 Å². The molecule has 6 heteroatoms. The minimum Gasteiger partial charge on any atom is -0.396 e. The van der Waals surface area contributed by atoms with Crippen molar-refractivity contribution in [2.75, 3.05) is 6.61 Å². The summed E-state index contributed by atoms with van der Waals surface area (Å²) in [5.41, 5.74) is 5.73. The third-order valence-corrected chi connectivity index (χ3v) is 7.49. The highest BCUT2D eigenvalue weighted by molar-refractivity contribution is 7.17. The lowest BCUT2D eigenvalue weighted by Crippen LogP contribution is -2.23. The van der Waals surface area contributed by atoms with E-state index in [0.717, 1.165) is 45.1 Å². The Bertz CT molecular complexity index is 1430. The molecule has 2 aliphatic rings. The Morgan fingerprint density at radius 1 is 1.06 bits per heavy atom. The fourth-order valence-corrected chi connectivity index (χ4v) is 6.06. The molecule has 0 fully saturated rings. The molecule has 5 nitrogen and oxygen atoms in total. The van der Waals surface area contributed by atoms with Gasteiger partial charge >= 0.3 is 0 Å². The molecule has 0 saturated carbocycles. The lowest BCUT2D eigenvalue weighted by atomic mass is 9.83. The average Bonchev–Trinajstić information content (AvgIpc) is 3.44. The number of aliphatic hydroxyl groups is 1. The highest BCUT2D eigenvalue weighted by Crippen LogP contribution is 2.43. The summed E-state index contributed by atoms with van der Waals surface area (Å²) in [4.78, 5) is 26.2. The highest BCUT2D eigenvalue weighted by Gasteiger charge is 2.38. The first-order valence-electron chi connectivity index (χ1n) is 10.5. The van der Waals surface area contributed by atoms with Crippen LogP contribution in [0.2, 0.25) is 0 Å². The highest BCUT2D eigenvalue weighted by atomic mass is 32.1. The number of benzene rings is 1. The lowest BCUT2D eigenvalue weighted by molar-refractivity contribution is -0.122.